The maximum absolute atomic E-state index is 14.2. The lowest BCUT2D eigenvalue weighted by Gasteiger charge is -2.40. The van der Waals surface area contributed by atoms with Crippen LogP contribution in [0.25, 0.3) is 0 Å². The highest BCUT2D eigenvalue weighted by molar-refractivity contribution is 5.57. The van der Waals surface area contributed by atoms with Crippen molar-refractivity contribution in [3.05, 3.63) is 29.6 Å². The van der Waals surface area contributed by atoms with E-state index in [1.54, 1.807) is 6.07 Å². The molecule has 1 aromatic rings. The van der Waals surface area contributed by atoms with Crippen LogP contribution in [0.2, 0.25) is 0 Å². The molecule has 1 aliphatic rings. The molecule has 3 atom stereocenters. The third kappa shape index (κ3) is 2.88. The van der Waals surface area contributed by atoms with Crippen LogP contribution in [0.5, 0.6) is 0 Å². The number of halogens is 1. The molecule has 0 radical (unpaired) electrons. The Bertz CT molecular complexity index is 439. The third-order valence-electron chi connectivity index (χ3n) is 3.50. The van der Waals surface area contributed by atoms with E-state index in [-0.39, 0.29) is 30.6 Å². The van der Waals surface area contributed by atoms with Crippen molar-refractivity contribution in [3.8, 4) is 0 Å². The Morgan fingerprint density at radius 3 is 2.95 bits per heavy atom. The fourth-order valence-electron chi connectivity index (χ4n) is 2.44. The van der Waals surface area contributed by atoms with Crippen molar-refractivity contribution in [1.82, 2.24) is 0 Å². The molecule has 1 heterocycles. The zero-order valence-corrected chi connectivity index (χ0v) is 11.3. The van der Waals surface area contributed by atoms with Gasteiger partial charge in [0.2, 0.25) is 0 Å². The van der Waals surface area contributed by atoms with Crippen molar-refractivity contribution in [2.75, 3.05) is 24.7 Å². The zero-order chi connectivity index (χ0) is 14.0. The van der Waals surface area contributed by atoms with E-state index in [0.29, 0.717) is 18.8 Å². The number of anilines is 1. The summed E-state index contributed by atoms with van der Waals surface area (Å²) in [4.78, 5) is 1.94. The highest BCUT2D eigenvalue weighted by Gasteiger charge is 2.29. The van der Waals surface area contributed by atoms with Gasteiger partial charge in [-0.25, -0.2) is 4.39 Å². The lowest BCUT2D eigenvalue weighted by molar-refractivity contribution is -0.0105. The third-order valence-corrected chi connectivity index (χ3v) is 3.50. The SMILES string of the molecule is CC1COC(CO)CN1c1c(F)cccc1[C@@H](C)N. The number of hydrogen-bond acceptors (Lipinski definition) is 4. The summed E-state index contributed by atoms with van der Waals surface area (Å²) in [5.41, 5.74) is 7.25. The maximum atomic E-state index is 14.2. The Morgan fingerprint density at radius 2 is 2.32 bits per heavy atom. The number of hydrogen-bond donors (Lipinski definition) is 2. The topological polar surface area (TPSA) is 58.7 Å². The van der Waals surface area contributed by atoms with Crippen molar-refractivity contribution < 1.29 is 14.2 Å². The fourth-order valence-corrected chi connectivity index (χ4v) is 2.44. The van der Waals surface area contributed by atoms with Crippen molar-refractivity contribution in [2.24, 2.45) is 5.73 Å². The molecule has 1 aromatic carbocycles. The average Bonchev–Trinajstić information content (AvgIpc) is 2.39. The minimum absolute atomic E-state index is 0.0530. The van der Waals surface area contributed by atoms with Gasteiger partial charge in [0.15, 0.2) is 0 Å². The lowest BCUT2D eigenvalue weighted by atomic mass is 10.0. The molecule has 0 amide bonds. The van der Waals surface area contributed by atoms with Gasteiger partial charge in [0.1, 0.15) is 5.82 Å². The quantitative estimate of drug-likeness (QED) is 0.870. The fraction of sp³-hybridized carbons (Fsp3) is 0.571. The van der Waals surface area contributed by atoms with Crippen molar-refractivity contribution >= 4 is 5.69 Å². The molecular weight excluding hydrogens is 247 g/mol. The molecule has 0 aromatic heterocycles. The summed E-state index contributed by atoms with van der Waals surface area (Å²) < 4.78 is 19.7. The molecular formula is C14H21FN2O2. The van der Waals surface area contributed by atoms with Crippen LogP contribution in [0, 0.1) is 5.82 Å². The van der Waals surface area contributed by atoms with Gasteiger partial charge in [-0.1, -0.05) is 12.1 Å². The van der Waals surface area contributed by atoms with Crippen LogP contribution in [0.4, 0.5) is 10.1 Å². The first kappa shape index (κ1) is 14.2. The Labute approximate surface area is 113 Å². The van der Waals surface area contributed by atoms with Crippen molar-refractivity contribution in [3.63, 3.8) is 0 Å². The van der Waals surface area contributed by atoms with Crippen LogP contribution in [0.3, 0.4) is 0 Å². The largest absolute Gasteiger partial charge is 0.394 e. The Morgan fingerprint density at radius 1 is 1.58 bits per heavy atom. The Balaban J connectivity index is 2.38. The van der Waals surface area contributed by atoms with E-state index >= 15 is 0 Å². The van der Waals surface area contributed by atoms with Gasteiger partial charge in [-0.3, -0.25) is 0 Å². The van der Waals surface area contributed by atoms with E-state index in [4.69, 9.17) is 10.5 Å². The number of aliphatic hydroxyl groups excluding tert-OH is 1. The van der Waals surface area contributed by atoms with Gasteiger partial charge in [-0.15, -0.1) is 0 Å². The van der Waals surface area contributed by atoms with Crippen LogP contribution >= 0.6 is 0 Å². The molecule has 3 N–H and O–H groups in total. The maximum Gasteiger partial charge on any atom is 0.146 e. The molecule has 1 aliphatic heterocycles. The number of aliphatic hydroxyl groups is 1. The van der Waals surface area contributed by atoms with Crippen LogP contribution in [0.1, 0.15) is 25.5 Å². The summed E-state index contributed by atoms with van der Waals surface area (Å²) in [6, 6.07) is 4.77. The predicted molar refractivity (Wildman–Crippen MR) is 72.6 cm³/mol. The molecule has 2 rings (SSSR count). The van der Waals surface area contributed by atoms with E-state index < -0.39 is 0 Å². The molecule has 0 aliphatic carbocycles. The van der Waals surface area contributed by atoms with Crippen LogP contribution < -0.4 is 10.6 Å². The number of benzene rings is 1. The van der Waals surface area contributed by atoms with Gasteiger partial charge < -0.3 is 20.5 Å². The first-order chi connectivity index (χ1) is 9.04. The second kappa shape index (κ2) is 5.86. The van der Waals surface area contributed by atoms with E-state index in [1.807, 2.05) is 24.8 Å². The van der Waals surface area contributed by atoms with Gasteiger partial charge in [-0.05, 0) is 25.5 Å². The molecule has 1 saturated heterocycles. The monoisotopic (exact) mass is 268 g/mol. The first-order valence-corrected chi connectivity index (χ1v) is 6.57. The summed E-state index contributed by atoms with van der Waals surface area (Å²) in [6.07, 6.45) is -0.281. The van der Waals surface area contributed by atoms with Crippen molar-refractivity contribution in [2.45, 2.75) is 32.0 Å². The van der Waals surface area contributed by atoms with E-state index in [2.05, 4.69) is 0 Å². The number of rotatable bonds is 3. The van der Waals surface area contributed by atoms with Crippen LogP contribution in [0.15, 0.2) is 18.2 Å². The smallest absolute Gasteiger partial charge is 0.146 e. The van der Waals surface area contributed by atoms with E-state index in [0.717, 1.165) is 5.56 Å². The molecule has 19 heavy (non-hydrogen) atoms. The molecule has 106 valence electrons. The van der Waals surface area contributed by atoms with Gasteiger partial charge in [0, 0.05) is 18.6 Å². The van der Waals surface area contributed by atoms with Crippen LogP contribution in [-0.2, 0) is 4.74 Å². The first-order valence-electron chi connectivity index (χ1n) is 6.57. The standard InChI is InChI=1S/C14H21FN2O2/c1-9-8-19-11(7-18)6-17(9)14-12(10(2)16)4-3-5-13(14)15/h3-5,9-11,18H,6-8,16H2,1-2H3/t9?,10-,11?/m1/s1. The Kier molecular flexibility index (Phi) is 4.39. The molecule has 2 unspecified atom stereocenters. The molecule has 4 nitrogen and oxygen atoms in total. The highest BCUT2D eigenvalue weighted by Crippen LogP contribution is 2.31. The lowest BCUT2D eigenvalue weighted by Crippen LogP contribution is -2.50. The number of nitrogens with two attached hydrogens (primary N) is 1. The second-order valence-electron chi connectivity index (χ2n) is 5.11. The second-order valence-corrected chi connectivity index (χ2v) is 5.11. The van der Waals surface area contributed by atoms with Gasteiger partial charge >= 0.3 is 0 Å². The minimum atomic E-state index is -0.281. The highest BCUT2D eigenvalue weighted by atomic mass is 19.1. The molecule has 5 heteroatoms. The number of ether oxygens (including phenoxy) is 1. The zero-order valence-electron chi connectivity index (χ0n) is 11.3. The van der Waals surface area contributed by atoms with Crippen molar-refractivity contribution in [1.29, 1.82) is 0 Å². The van der Waals surface area contributed by atoms with Gasteiger partial charge in [0.05, 0.1) is 25.0 Å². The average molecular weight is 268 g/mol. The number of nitrogens with zero attached hydrogens (tertiary/aromatic N) is 1. The summed E-state index contributed by atoms with van der Waals surface area (Å²) >= 11 is 0. The Hall–Kier alpha value is -1.17. The summed E-state index contributed by atoms with van der Waals surface area (Å²) in [5.74, 6) is -0.278. The minimum Gasteiger partial charge on any atom is -0.394 e. The predicted octanol–water partition coefficient (Wildman–Crippen LogP) is 1.43. The summed E-state index contributed by atoms with van der Waals surface area (Å²) in [7, 11) is 0. The van der Waals surface area contributed by atoms with E-state index in [1.165, 1.54) is 6.07 Å². The number of morpholine rings is 1. The van der Waals surface area contributed by atoms with Gasteiger partial charge in [0.25, 0.3) is 0 Å². The molecule has 0 spiro atoms. The van der Waals surface area contributed by atoms with Gasteiger partial charge in [-0.2, -0.15) is 0 Å². The normalized spacial score (nSPS) is 25.4. The summed E-state index contributed by atoms with van der Waals surface area (Å²) in [6.45, 7) is 4.69. The molecule has 1 fully saturated rings. The molecule has 0 bridgehead atoms. The number of para-hydroxylation sites is 1. The van der Waals surface area contributed by atoms with Crippen LogP contribution in [-0.4, -0.2) is 37.0 Å². The molecule has 0 saturated carbocycles. The summed E-state index contributed by atoms with van der Waals surface area (Å²) in [5, 5.41) is 9.22. The van der Waals surface area contributed by atoms with E-state index in [9.17, 15) is 9.50 Å².